The van der Waals surface area contributed by atoms with E-state index >= 15 is 0 Å². The quantitative estimate of drug-likeness (QED) is 0.471. The molecule has 0 radical (unpaired) electrons. The Morgan fingerprint density at radius 2 is 1.35 bits per heavy atom. The zero-order chi connectivity index (χ0) is 27.0. The van der Waals surface area contributed by atoms with Gasteiger partial charge in [0.2, 0.25) is 0 Å². The van der Waals surface area contributed by atoms with Crippen molar-refractivity contribution in [3.63, 3.8) is 0 Å². The van der Waals surface area contributed by atoms with E-state index in [0.717, 1.165) is 41.0 Å². The summed E-state index contributed by atoms with van der Waals surface area (Å²) in [6, 6.07) is 19.1. The number of sulfonamides is 1. The summed E-state index contributed by atoms with van der Waals surface area (Å²) in [6.45, 7) is 14.8. The third-order valence-electron chi connectivity index (χ3n) is 6.92. The SMILES string of the molecule is Cc1cc(C)c(S(=O)(=O)Nc2ccc(N3CCN(C(=O)c4ccc(C(C)(C)C)cc4)CC3)cc2)c(C)c1. The van der Waals surface area contributed by atoms with E-state index in [1.165, 1.54) is 5.56 Å². The van der Waals surface area contributed by atoms with Crippen molar-refractivity contribution in [2.24, 2.45) is 0 Å². The highest BCUT2D eigenvalue weighted by molar-refractivity contribution is 7.92. The van der Waals surface area contributed by atoms with Crippen molar-refractivity contribution in [3.05, 3.63) is 88.5 Å². The fourth-order valence-electron chi connectivity index (χ4n) is 5.00. The fraction of sp³-hybridized carbons (Fsp3) is 0.367. The molecule has 1 aliphatic heterocycles. The van der Waals surface area contributed by atoms with Gasteiger partial charge >= 0.3 is 0 Å². The van der Waals surface area contributed by atoms with Crippen LogP contribution in [-0.2, 0) is 15.4 Å². The second-order valence-corrected chi connectivity index (χ2v) is 12.6. The molecular weight excluding hydrogens is 482 g/mol. The van der Waals surface area contributed by atoms with Crippen LogP contribution in [0.2, 0.25) is 0 Å². The molecule has 1 saturated heterocycles. The van der Waals surface area contributed by atoms with Crippen molar-refractivity contribution >= 4 is 27.3 Å². The van der Waals surface area contributed by atoms with Gasteiger partial charge in [-0.25, -0.2) is 8.42 Å². The summed E-state index contributed by atoms with van der Waals surface area (Å²) in [5, 5.41) is 0. The number of amides is 1. The van der Waals surface area contributed by atoms with Gasteiger partial charge in [-0.05, 0) is 79.3 Å². The predicted molar refractivity (Wildman–Crippen MR) is 151 cm³/mol. The van der Waals surface area contributed by atoms with Crippen LogP contribution < -0.4 is 9.62 Å². The number of benzene rings is 3. The number of piperazine rings is 1. The molecule has 0 unspecified atom stereocenters. The highest BCUT2D eigenvalue weighted by Crippen LogP contribution is 2.27. The summed E-state index contributed by atoms with van der Waals surface area (Å²) in [4.78, 5) is 17.5. The van der Waals surface area contributed by atoms with Crippen molar-refractivity contribution in [1.29, 1.82) is 0 Å². The smallest absolute Gasteiger partial charge is 0.262 e. The summed E-state index contributed by atoms with van der Waals surface area (Å²) >= 11 is 0. The molecule has 3 aromatic rings. The summed E-state index contributed by atoms with van der Waals surface area (Å²) in [5.41, 5.74) is 6.03. The number of nitrogens with one attached hydrogen (secondary N) is 1. The Kier molecular flexibility index (Phi) is 7.38. The van der Waals surface area contributed by atoms with Gasteiger partial charge in [-0.1, -0.05) is 50.6 Å². The molecule has 1 heterocycles. The lowest BCUT2D eigenvalue weighted by Crippen LogP contribution is -2.48. The number of carbonyl (C=O) groups excluding carboxylic acids is 1. The number of hydrogen-bond acceptors (Lipinski definition) is 4. The second kappa shape index (κ2) is 10.2. The first kappa shape index (κ1) is 26.7. The molecule has 4 rings (SSSR count). The van der Waals surface area contributed by atoms with Crippen LogP contribution >= 0.6 is 0 Å². The zero-order valence-corrected chi connectivity index (χ0v) is 23.4. The average Bonchev–Trinajstić information content (AvgIpc) is 2.82. The molecule has 196 valence electrons. The van der Waals surface area contributed by atoms with Crippen LogP contribution in [0.1, 0.15) is 53.4 Å². The molecule has 1 N–H and O–H groups in total. The molecule has 0 saturated carbocycles. The third-order valence-corrected chi connectivity index (χ3v) is 8.61. The molecule has 3 aromatic carbocycles. The fourth-order valence-corrected chi connectivity index (χ4v) is 6.51. The monoisotopic (exact) mass is 519 g/mol. The zero-order valence-electron chi connectivity index (χ0n) is 22.6. The largest absolute Gasteiger partial charge is 0.368 e. The van der Waals surface area contributed by atoms with E-state index in [2.05, 4.69) is 30.4 Å². The van der Waals surface area contributed by atoms with Crippen LogP contribution in [0.5, 0.6) is 0 Å². The van der Waals surface area contributed by atoms with Crippen LogP contribution in [-0.4, -0.2) is 45.4 Å². The normalized spacial score (nSPS) is 14.5. The topological polar surface area (TPSA) is 69.7 Å². The van der Waals surface area contributed by atoms with Crippen molar-refractivity contribution in [2.45, 2.75) is 51.9 Å². The van der Waals surface area contributed by atoms with Crippen LogP contribution in [0.15, 0.2) is 65.6 Å². The van der Waals surface area contributed by atoms with Gasteiger partial charge < -0.3 is 9.80 Å². The van der Waals surface area contributed by atoms with E-state index in [1.807, 2.05) is 74.2 Å². The van der Waals surface area contributed by atoms with Crippen LogP contribution in [0.4, 0.5) is 11.4 Å². The molecule has 0 spiro atoms. The lowest BCUT2D eigenvalue weighted by atomic mass is 9.86. The van der Waals surface area contributed by atoms with Gasteiger partial charge in [0.25, 0.3) is 15.9 Å². The molecule has 1 aliphatic rings. The summed E-state index contributed by atoms with van der Waals surface area (Å²) < 4.78 is 28.9. The molecule has 6 nitrogen and oxygen atoms in total. The maximum atomic E-state index is 13.1. The average molecular weight is 520 g/mol. The van der Waals surface area contributed by atoms with Crippen molar-refractivity contribution < 1.29 is 13.2 Å². The maximum absolute atomic E-state index is 13.1. The highest BCUT2D eigenvalue weighted by Gasteiger charge is 2.24. The standard InChI is InChI=1S/C30H37N3O3S/c1-21-19-22(2)28(23(3)20-21)37(35,36)31-26-11-13-27(14-12-26)32-15-17-33(18-16-32)29(34)24-7-9-25(10-8-24)30(4,5)6/h7-14,19-20,31H,15-18H2,1-6H3. The number of carbonyl (C=O) groups is 1. The molecule has 0 atom stereocenters. The number of aryl methyl sites for hydroxylation is 3. The molecule has 0 bridgehead atoms. The Labute approximate surface area is 221 Å². The summed E-state index contributed by atoms with van der Waals surface area (Å²) in [6.07, 6.45) is 0. The number of anilines is 2. The van der Waals surface area contributed by atoms with E-state index in [-0.39, 0.29) is 11.3 Å². The van der Waals surface area contributed by atoms with Gasteiger partial charge in [0, 0.05) is 43.1 Å². The van der Waals surface area contributed by atoms with E-state index in [1.54, 1.807) is 12.1 Å². The first-order chi connectivity index (χ1) is 17.3. The Balaban J connectivity index is 1.38. The summed E-state index contributed by atoms with van der Waals surface area (Å²) in [7, 11) is -3.69. The van der Waals surface area contributed by atoms with Gasteiger partial charge in [0.1, 0.15) is 0 Å². The maximum Gasteiger partial charge on any atom is 0.262 e. The minimum absolute atomic E-state index is 0.0566. The Morgan fingerprint density at radius 3 is 1.86 bits per heavy atom. The summed E-state index contributed by atoms with van der Waals surface area (Å²) in [5.74, 6) is 0.0616. The van der Waals surface area contributed by atoms with Crippen molar-refractivity contribution in [3.8, 4) is 0 Å². The van der Waals surface area contributed by atoms with E-state index in [0.29, 0.717) is 23.7 Å². The second-order valence-electron chi connectivity index (χ2n) is 11.0. The Hall–Kier alpha value is -3.32. The third kappa shape index (κ3) is 5.99. The van der Waals surface area contributed by atoms with Gasteiger partial charge in [0.05, 0.1) is 4.90 Å². The predicted octanol–water partition coefficient (Wildman–Crippen LogP) is 5.67. The van der Waals surface area contributed by atoms with Gasteiger partial charge in [-0.3, -0.25) is 9.52 Å². The van der Waals surface area contributed by atoms with Gasteiger partial charge in [0.15, 0.2) is 0 Å². The Morgan fingerprint density at radius 1 is 0.811 bits per heavy atom. The molecule has 37 heavy (non-hydrogen) atoms. The Bertz CT molecular complexity index is 1360. The van der Waals surface area contributed by atoms with Gasteiger partial charge in [-0.15, -0.1) is 0 Å². The molecular formula is C30H37N3O3S. The van der Waals surface area contributed by atoms with E-state index in [9.17, 15) is 13.2 Å². The molecule has 7 heteroatoms. The van der Waals surface area contributed by atoms with Crippen molar-refractivity contribution in [1.82, 2.24) is 4.90 Å². The molecule has 0 aromatic heterocycles. The first-order valence-electron chi connectivity index (χ1n) is 12.7. The lowest BCUT2D eigenvalue weighted by molar-refractivity contribution is 0.0746. The number of rotatable bonds is 5. The molecule has 1 amide bonds. The van der Waals surface area contributed by atoms with E-state index < -0.39 is 10.0 Å². The van der Waals surface area contributed by atoms with Crippen LogP contribution in [0.25, 0.3) is 0 Å². The van der Waals surface area contributed by atoms with Crippen LogP contribution in [0, 0.1) is 20.8 Å². The number of nitrogens with zero attached hydrogens (tertiary/aromatic N) is 2. The van der Waals surface area contributed by atoms with E-state index in [4.69, 9.17) is 0 Å². The van der Waals surface area contributed by atoms with Crippen LogP contribution in [0.3, 0.4) is 0 Å². The van der Waals surface area contributed by atoms with Crippen molar-refractivity contribution in [2.75, 3.05) is 35.8 Å². The van der Waals surface area contributed by atoms with Gasteiger partial charge in [-0.2, -0.15) is 0 Å². The minimum atomic E-state index is -3.69. The lowest BCUT2D eigenvalue weighted by Gasteiger charge is -2.36. The minimum Gasteiger partial charge on any atom is -0.368 e. The highest BCUT2D eigenvalue weighted by atomic mass is 32.2. The molecule has 0 aliphatic carbocycles. The molecule has 1 fully saturated rings. The number of hydrogen-bond donors (Lipinski definition) is 1. The first-order valence-corrected chi connectivity index (χ1v) is 14.2.